The summed E-state index contributed by atoms with van der Waals surface area (Å²) in [7, 11) is -3.50. The molecule has 5 nitrogen and oxygen atoms in total. The zero-order chi connectivity index (χ0) is 19.3. The zero-order valence-electron chi connectivity index (χ0n) is 15.3. The molecule has 3 aromatic rings. The van der Waals surface area contributed by atoms with Gasteiger partial charge >= 0.3 is 0 Å². The molecule has 140 valence electrons. The Bertz CT molecular complexity index is 957. The van der Waals surface area contributed by atoms with E-state index in [4.69, 9.17) is 4.74 Å². The van der Waals surface area contributed by atoms with Crippen LogP contribution < -0.4 is 9.04 Å². The number of ether oxygens (including phenoxy) is 1. The summed E-state index contributed by atoms with van der Waals surface area (Å²) < 4.78 is 33.0. The van der Waals surface area contributed by atoms with E-state index in [1.807, 2.05) is 36.4 Å². The topological polar surface area (TPSA) is 59.5 Å². The molecule has 0 spiro atoms. The number of anilines is 1. The molecular formula is C21H22N2O3S. The lowest BCUT2D eigenvalue weighted by Crippen LogP contribution is -2.36. The molecule has 0 aliphatic carbocycles. The molecule has 0 bridgehead atoms. The van der Waals surface area contributed by atoms with Crippen molar-refractivity contribution >= 4 is 15.7 Å². The van der Waals surface area contributed by atoms with Crippen molar-refractivity contribution in [2.45, 2.75) is 25.6 Å². The highest BCUT2D eigenvalue weighted by atomic mass is 32.2. The highest BCUT2D eigenvalue weighted by molar-refractivity contribution is 7.93. The van der Waals surface area contributed by atoms with Gasteiger partial charge in [0.05, 0.1) is 17.5 Å². The van der Waals surface area contributed by atoms with Crippen LogP contribution in [-0.4, -0.2) is 18.7 Å². The molecule has 0 saturated heterocycles. The van der Waals surface area contributed by atoms with E-state index in [0.29, 0.717) is 11.4 Å². The van der Waals surface area contributed by atoms with Gasteiger partial charge in [0.25, 0.3) is 0 Å². The zero-order valence-corrected chi connectivity index (χ0v) is 16.1. The number of hydrogen-bond donors (Lipinski definition) is 0. The van der Waals surface area contributed by atoms with Gasteiger partial charge in [-0.15, -0.1) is 0 Å². The first-order chi connectivity index (χ1) is 13.0. The average Bonchev–Trinajstić information content (AvgIpc) is 2.68. The van der Waals surface area contributed by atoms with Crippen molar-refractivity contribution in [2.75, 3.05) is 4.31 Å². The van der Waals surface area contributed by atoms with Crippen LogP contribution in [0.1, 0.15) is 19.4 Å². The maximum Gasteiger partial charge on any atom is 0.237 e. The van der Waals surface area contributed by atoms with Gasteiger partial charge in [0.2, 0.25) is 10.0 Å². The third-order valence-electron chi connectivity index (χ3n) is 4.06. The first-order valence-electron chi connectivity index (χ1n) is 8.70. The number of nitrogens with zero attached hydrogens (tertiary/aromatic N) is 2. The molecule has 0 atom stereocenters. The predicted octanol–water partition coefficient (Wildman–Crippen LogP) is 4.62. The fourth-order valence-electron chi connectivity index (χ4n) is 2.55. The molecule has 0 saturated carbocycles. The van der Waals surface area contributed by atoms with Crippen LogP contribution in [-0.2, 0) is 16.6 Å². The van der Waals surface area contributed by atoms with E-state index in [0.717, 1.165) is 11.3 Å². The molecule has 2 aromatic carbocycles. The lowest BCUT2D eigenvalue weighted by molar-refractivity contribution is 0.482. The van der Waals surface area contributed by atoms with Gasteiger partial charge in [-0.1, -0.05) is 24.3 Å². The van der Waals surface area contributed by atoms with E-state index in [-0.39, 0.29) is 6.54 Å². The van der Waals surface area contributed by atoms with E-state index in [9.17, 15) is 8.42 Å². The van der Waals surface area contributed by atoms with Crippen molar-refractivity contribution in [3.63, 3.8) is 0 Å². The minimum absolute atomic E-state index is 0.229. The highest BCUT2D eigenvalue weighted by Gasteiger charge is 2.26. The number of aromatic nitrogens is 1. The maximum absolute atomic E-state index is 12.9. The largest absolute Gasteiger partial charge is 0.457 e. The third-order valence-corrected chi connectivity index (χ3v) is 6.20. The van der Waals surface area contributed by atoms with Crippen LogP contribution in [0.15, 0.2) is 79.1 Å². The molecule has 0 unspecified atom stereocenters. The number of hydrogen-bond acceptors (Lipinski definition) is 4. The fourth-order valence-corrected chi connectivity index (χ4v) is 3.80. The summed E-state index contributed by atoms with van der Waals surface area (Å²) in [6, 6.07) is 20.2. The van der Waals surface area contributed by atoms with E-state index >= 15 is 0 Å². The minimum Gasteiger partial charge on any atom is -0.457 e. The summed E-state index contributed by atoms with van der Waals surface area (Å²) in [5.41, 5.74) is 1.42. The van der Waals surface area contributed by atoms with Crippen LogP contribution in [0.2, 0.25) is 0 Å². The van der Waals surface area contributed by atoms with Gasteiger partial charge in [0.1, 0.15) is 11.5 Å². The number of rotatable bonds is 7. The monoisotopic (exact) mass is 382 g/mol. The van der Waals surface area contributed by atoms with Crippen LogP contribution in [0.5, 0.6) is 11.5 Å². The molecule has 0 N–H and O–H groups in total. The average molecular weight is 382 g/mol. The van der Waals surface area contributed by atoms with Crippen molar-refractivity contribution < 1.29 is 13.2 Å². The van der Waals surface area contributed by atoms with Crippen LogP contribution in [0, 0.1) is 0 Å². The molecule has 0 radical (unpaired) electrons. The van der Waals surface area contributed by atoms with E-state index in [1.54, 1.807) is 56.6 Å². The lowest BCUT2D eigenvalue weighted by Gasteiger charge is -2.26. The van der Waals surface area contributed by atoms with E-state index in [1.165, 1.54) is 4.31 Å². The second-order valence-electron chi connectivity index (χ2n) is 6.37. The summed E-state index contributed by atoms with van der Waals surface area (Å²) >= 11 is 0. The SMILES string of the molecule is CC(C)S(=O)(=O)N(Cc1cccnc1)c1ccc(Oc2ccccc2)cc1. The standard InChI is InChI=1S/C21H22N2O3S/c1-17(2)27(24,25)23(16-18-7-6-14-22-15-18)19-10-12-21(13-11-19)26-20-8-4-3-5-9-20/h3-15,17H,16H2,1-2H3. The van der Waals surface area contributed by atoms with Gasteiger partial charge in [-0.3, -0.25) is 9.29 Å². The van der Waals surface area contributed by atoms with Gasteiger partial charge in [-0.2, -0.15) is 0 Å². The van der Waals surface area contributed by atoms with Crippen LogP contribution in [0.4, 0.5) is 5.69 Å². The lowest BCUT2D eigenvalue weighted by atomic mass is 10.2. The number of benzene rings is 2. The van der Waals surface area contributed by atoms with Crippen LogP contribution in [0.25, 0.3) is 0 Å². The van der Waals surface area contributed by atoms with E-state index < -0.39 is 15.3 Å². The van der Waals surface area contributed by atoms with Crippen molar-refractivity contribution in [3.05, 3.63) is 84.7 Å². The van der Waals surface area contributed by atoms with Crippen molar-refractivity contribution in [2.24, 2.45) is 0 Å². The molecule has 0 amide bonds. The van der Waals surface area contributed by atoms with Crippen LogP contribution >= 0.6 is 0 Å². The summed E-state index contributed by atoms with van der Waals surface area (Å²) in [5, 5.41) is -0.533. The maximum atomic E-state index is 12.9. The summed E-state index contributed by atoms with van der Waals surface area (Å²) in [6.07, 6.45) is 3.34. The normalized spacial score (nSPS) is 11.4. The molecule has 1 aromatic heterocycles. The van der Waals surface area contributed by atoms with Crippen LogP contribution in [0.3, 0.4) is 0 Å². The molecule has 6 heteroatoms. The molecule has 3 rings (SSSR count). The predicted molar refractivity (Wildman–Crippen MR) is 107 cm³/mol. The Kier molecular flexibility index (Phi) is 5.76. The molecule has 1 heterocycles. The Morgan fingerprint density at radius 3 is 2.19 bits per heavy atom. The second kappa shape index (κ2) is 8.22. The first-order valence-corrected chi connectivity index (χ1v) is 10.2. The van der Waals surface area contributed by atoms with Crippen molar-refractivity contribution in [1.29, 1.82) is 0 Å². The Morgan fingerprint density at radius 2 is 1.59 bits per heavy atom. The van der Waals surface area contributed by atoms with Crippen molar-refractivity contribution in [3.8, 4) is 11.5 Å². The minimum atomic E-state index is -3.50. The Labute approximate surface area is 160 Å². The van der Waals surface area contributed by atoms with E-state index in [2.05, 4.69) is 4.98 Å². The third kappa shape index (κ3) is 4.65. The number of para-hydroxylation sites is 1. The quantitative estimate of drug-likeness (QED) is 0.598. The second-order valence-corrected chi connectivity index (χ2v) is 8.78. The number of sulfonamides is 1. The molecule has 0 aliphatic heterocycles. The van der Waals surface area contributed by atoms with Gasteiger partial charge in [0, 0.05) is 12.4 Å². The Hall–Kier alpha value is -2.86. The van der Waals surface area contributed by atoms with Gasteiger partial charge in [-0.05, 0) is 61.9 Å². The Morgan fingerprint density at radius 1 is 0.926 bits per heavy atom. The fraction of sp³-hybridized carbons (Fsp3) is 0.190. The summed E-state index contributed by atoms with van der Waals surface area (Å²) in [5.74, 6) is 1.38. The highest BCUT2D eigenvalue weighted by Crippen LogP contribution is 2.28. The Balaban J connectivity index is 1.88. The van der Waals surface area contributed by atoms with Gasteiger partial charge in [-0.25, -0.2) is 8.42 Å². The van der Waals surface area contributed by atoms with Gasteiger partial charge < -0.3 is 4.74 Å². The van der Waals surface area contributed by atoms with Gasteiger partial charge in [0.15, 0.2) is 0 Å². The molecule has 0 fully saturated rings. The molecule has 0 aliphatic rings. The first kappa shape index (κ1) is 18.9. The molecular weight excluding hydrogens is 360 g/mol. The molecule has 27 heavy (non-hydrogen) atoms. The number of pyridine rings is 1. The summed E-state index contributed by atoms with van der Waals surface area (Å²) in [4.78, 5) is 4.08. The van der Waals surface area contributed by atoms with Crippen molar-refractivity contribution in [1.82, 2.24) is 4.98 Å². The summed E-state index contributed by atoms with van der Waals surface area (Å²) in [6.45, 7) is 3.59. The smallest absolute Gasteiger partial charge is 0.237 e.